The fraction of sp³-hybridized carbons (Fsp3) is 0.556. The van der Waals surface area contributed by atoms with Gasteiger partial charge in [0.05, 0.1) is 6.61 Å². The van der Waals surface area contributed by atoms with Crippen molar-refractivity contribution >= 4 is 5.91 Å². The van der Waals surface area contributed by atoms with Gasteiger partial charge in [-0.3, -0.25) is 19.1 Å². The summed E-state index contributed by atoms with van der Waals surface area (Å²) in [7, 11) is 1.66. The molecule has 0 spiro atoms. The predicted octanol–water partition coefficient (Wildman–Crippen LogP) is 0.0941. The largest absolute Gasteiger partial charge is 0.383 e. The highest BCUT2D eigenvalue weighted by Crippen LogP contribution is 2.26. The minimum absolute atomic E-state index is 0.0821. The number of ether oxygens (including phenoxy) is 1. The molecule has 0 aliphatic carbocycles. The lowest BCUT2D eigenvalue weighted by Gasteiger charge is -2.33. The second-order valence-electron chi connectivity index (χ2n) is 6.85. The molecule has 9 heteroatoms. The number of piperidine rings is 1. The first-order valence-corrected chi connectivity index (χ1v) is 9.07. The molecule has 1 atom stereocenters. The van der Waals surface area contributed by atoms with Gasteiger partial charge in [0.25, 0.3) is 5.56 Å². The van der Waals surface area contributed by atoms with Crippen molar-refractivity contribution in [2.75, 3.05) is 26.8 Å². The molecule has 146 valence electrons. The minimum Gasteiger partial charge on any atom is -0.383 e. The average molecular weight is 375 g/mol. The van der Waals surface area contributed by atoms with E-state index in [9.17, 15) is 14.4 Å². The van der Waals surface area contributed by atoms with Gasteiger partial charge < -0.3 is 14.2 Å². The standard InChI is InChI=1S/C18H25N5O4/c1-13-10-23(18(26)20-17(13)25)12-15(24)22-6-3-4-14(11-22)16-19-5-7-21(16)8-9-27-2/h5,7,10,14H,3-4,6,8-9,11-12H2,1-2H3,(H,20,25,26)/t14-/m1/s1. The van der Waals surface area contributed by atoms with Gasteiger partial charge in [-0.2, -0.15) is 0 Å². The highest BCUT2D eigenvalue weighted by Gasteiger charge is 2.27. The Morgan fingerprint density at radius 3 is 2.96 bits per heavy atom. The van der Waals surface area contributed by atoms with Gasteiger partial charge in [0.2, 0.25) is 5.91 Å². The number of imidazole rings is 1. The lowest BCUT2D eigenvalue weighted by atomic mass is 9.97. The summed E-state index contributed by atoms with van der Waals surface area (Å²) in [5.74, 6) is 0.980. The number of rotatable bonds is 6. The Balaban J connectivity index is 1.70. The molecule has 1 amide bonds. The summed E-state index contributed by atoms with van der Waals surface area (Å²) in [5, 5.41) is 0. The molecule has 9 nitrogen and oxygen atoms in total. The number of carbonyl (C=O) groups is 1. The third-order valence-electron chi connectivity index (χ3n) is 4.92. The number of aryl methyl sites for hydroxylation is 1. The van der Waals surface area contributed by atoms with E-state index >= 15 is 0 Å². The summed E-state index contributed by atoms with van der Waals surface area (Å²) >= 11 is 0. The normalized spacial score (nSPS) is 17.3. The van der Waals surface area contributed by atoms with E-state index in [0.717, 1.165) is 25.2 Å². The molecule has 2 aromatic rings. The molecule has 1 fully saturated rings. The monoisotopic (exact) mass is 375 g/mol. The van der Waals surface area contributed by atoms with Crippen molar-refractivity contribution in [1.29, 1.82) is 0 Å². The van der Waals surface area contributed by atoms with Crippen LogP contribution in [0.25, 0.3) is 0 Å². The SMILES string of the molecule is COCCn1ccnc1[C@@H]1CCCN(C(=O)Cn2cc(C)c(=O)[nH]c2=O)C1. The van der Waals surface area contributed by atoms with Crippen LogP contribution in [0.1, 0.15) is 30.1 Å². The zero-order valence-corrected chi connectivity index (χ0v) is 15.7. The van der Waals surface area contributed by atoms with E-state index in [0.29, 0.717) is 25.3 Å². The Labute approximate surface area is 156 Å². The molecule has 0 saturated carbocycles. The van der Waals surface area contributed by atoms with Crippen LogP contribution in [0.15, 0.2) is 28.2 Å². The molecule has 1 saturated heterocycles. The fourth-order valence-electron chi connectivity index (χ4n) is 3.46. The van der Waals surface area contributed by atoms with Gasteiger partial charge in [0.1, 0.15) is 12.4 Å². The highest BCUT2D eigenvalue weighted by molar-refractivity contribution is 5.76. The van der Waals surface area contributed by atoms with Gasteiger partial charge in [-0.05, 0) is 19.8 Å². The molecule has 1 N–H and O–H groups in total. The van der Waals surface area contributed by atoms with Gasteiger partial charge in [-0.25, -0.2) is 9.78 Å². The number of hydrogen-bond donors (Lipinski definition) is 1. The van der Waals surface area contributed by atoms with Gasteiger partial charge in [0.15, 0.2) is 0 Å². The van der Waals surface area contributed by atoms with E-state index < -0.39 is 11.2 Å². The van der Waals surface area contributed by atoms with Crippen molar-refractivity contribution in [1.82, 2.24) is 24.0 Å². The Morgan fingerprint density at radius 1 is 1.37 bits per heavy atom. The first-order chi connectivity index (χ1) is 13.0. The zero-order valence-electron chi connectivity index (χ0n) is 15.7. The maximum Gasteiger partial charge on any atom is 0.328 e. The van der Waals surface area contributed by atoms with E-state index in [4.69, 9.17) is 4.74 Å². The molecule has 0 unspecified atom stereocenters. The Morgan fingerprint density at radius 2 is 2.19 bits per heavy atom. The van der Waals surface area contributed by atoms with Gasteiger partial charge >= 0.3 is 5.69 Å². The van der Waals surface area contributed by atoms with Crippen molar-refractivity contribution < 1.29 is 9.53 Å². The van der Waals surface area contributed by atoms with Crippen LogP contribution in [0.5, 0.6) is 0 Å². The molecular formula is C18H25N5O4. The van der Waals surface area contributed by atoms with E-state index in [1.807, 2.05) is 6.20 Å². The number of hydrogen-bond acceptors (Lipinski definition) is 5. The Hall–Kier alpha value is -2.68. The molecule has 0 radical (unpaired) electrons. The summed E-state index contributed by atoms with van der Waals surface area (Å²) in [6.07, 6.45) is 6.97. The number of aromatic nitrogens is 4. The maximum absolute atomic E-state index is 12.7. The number of nitrogens with one attached hydrogen (secondary N) is 1. The van der Waals surface area contributed by atoms with Crippen molar-refractivity contribution in [2.45, 2.75) is 38.8 Å². The smallest absolute Gasteiger partial charge is 0.328 e. The molecule has 1 aliphatic rings. The van der Waals surface area contributed by atoms with Crippen LogP contribution >= 0.6 is 0 Å². The van der Waals surface area contributed by atoms with Crippen LogP contribution in [0.4, 0.5) is 0 Å². The summed E-state index contributed by atoms with van der Waals surface area (Å²) in [5.41, 5.74) is -0.591. The topological polar surface area (TPSA) is 102 Å². The second-order valence-corrected chi connectivity index (χ2v) is 6.85. The van der Waals surface area contributed by atoms with Crippen LogP contribution < -0.4 is 11.2 Å². The molecule has 27 heavy (non-hydrogen) atoms. The van der Waals surface area contributed by atoms with E-state index in [2.05, 4.69) is 14.5 Å². The first-order valence-electron chi connectivity index (χ1n) is 9.07. The maximum atomic E-state index is 12.7. The Kier molecular flexibility index (Phi) is 5.90. The number of nitrogens with zero attached hydrogens (tertiary/aromatic N) is 4. The van der Waals surface area contributed by atoms with Crippen LogP contribution in [-0.4, -0.2) is 56.7 Å². The van der Waals surface area contributed by atoms with Crippen molar-refractivity contribution in [3.05, 3.63) is 50.8 Å². The number of aromatic amines is 1. The van der Waals surface area contributed by atoms with E-state index in [-0.39, 0.29) is 18.4 Å². The molecule has 1 aliphatic heterocycles. The fourth-order valence-corrected chi connectivity index (χ4v) is 3.46. The van der Waals surface area contributed by atoms with E-state index in [1.54, 1.807) is 25.1 Å². The Bertz CT molecular complexity index is 913. The summed E-state index contributed by atoms with van der Waals surface area (Å²) in [6, 6.07) is 0. The van der Waals surface area contributed by atoms with Crippen molar-refractivity contribution in [2.24, 2.45) is 0 Å². The molecule has 3 heterocycles. The first kappa shape index (κ1) is 19.1. The number of methoxy groups -OCH3 is 1. The van der Waals surface area contributed by atoms with Gasteiger partial charge in [0, 0.05) is 56.8 Å². The number of carbonyl (C=O) groups excluding carboxylic acids is 1. The van der Waals surface area contributed by atoms with Crippen molar-refractivity contribution in [3.8, 4) is 0 Å². The van der Waals surface area contributed by atoms with Gasteiger partial charge in [-0.15, -0.1) is 0 Å². The third-order valence-corrected chi connectivity index (χ3v) is 4.92. The van der Waals surface area contributed by atoms with Crippen LogP contribution in [0.2, 0.25) is 0 Å². The quantitative estimate of drug-likeness (QED) is 0.771. The van der Waals surface area contributed by atoms with Crippen LogP contribution in [-0.2, 0) is 22.6 Å². The van der Waals surface area contributed by atoms with Crippen LogP contribution in [0.3, 0.4) is 0 Å². The number of likely N-dealkylation sites (tertiary alicyclic amines) is 1. The summed E-state index contributed by atoms with van der Waals surface area (Å²) < 4.78 is 8.46. The number of amides is 1. The van der Waals surface area contributed by atoms with E-state index in [1.165, 1.54) is 10.8 Å². The average Bonchev–Trinajstić information content (AvgIpc) is 3.13. The molecular weight excluding hydrogens is 350 g/mol. The van der Waals surface area contributed by atoms with Crippen LogP contribution in [0, 0.1) is 6.92 Å². The van der Waals surface area contributed by atoms with Crippen molar-refractivity contribution in [3.63, 3.8) is 0 Å². The third kappa shape index (κ3) is 4.36. The zero-order chi connectivity index (χ0) is 19.4. The molecule has 0 aromatic carbocycles. The minimum atomic E-state index is -0.567. The van der Waals surface area contributed by atoms with Gasteiger partial charge in [-0.1, -0.05) is 0 Å². The lowest BCUT2D eigenvalue weighted by Crippen LogP contribution is -2.43. The molecule has 2 aromatic heterocycles. The number of H-pyrrole nitrogens is 1. The summed E-state index contributed by atoms with van der Waals surface area (Å²) in [4.78, 5) is 44.6. The second kappa shape index (κ2) is 8.34. The molecule has 3 rings (SSSR count). The summed E-state index contributed by atoms with van der Waals surface area (Å²) in [6.45, 7) is 4.08. The predicted molar refractivity (Wildman–Crippen MR) is 98.7 cm³/mol. The highest BCUT2D eigenvalue weighted by atomic mass is 16.5. The molecule has 0 bridgehead atoms. The lowest BCUT2D eigenvalue weighted by molar-refractivity contribution is -0.133.